The van der Waals surface area contributed by atoms with Crippen molar-refractivity contribution in [1.82, 2.24) is 25.1 Å². The molecule has 0 radical (unpaired) electrons. The van der Waals surface area contributed by atoms with Crippen LogP contribution >= 0.6 is 0 Å². The van der Waals surface area contributed by atoms with E-state index in [2.05, 4.69) is 32.0 Å². The van der Waals surface area contributed by atoms with E-state index in [0.717, 1.165) is 31.1 Å². The van der Waals surface area contributed by atoms with Crippen molar-refractivity contribution in [3.05, 3.63) is 35.7 Å². The molecule has 1 aliphatic heterocycles. The number of imidazole rings is 1. The molecule has 0 unspecified atom stereocenters. The van der Waals surface area contributed by atoms with Gasteiger partial charge in [-0.05, 0) is 12.5 Å². The van der Waals surface area contributed by atoms with Crippen LogP contribution in [0.25, 0.3) is 0 Å². The number of rotatable bonds is 3. The van der Waals surface area contributed by atoms with Crippen LogP contribution in [0, 0.1) is 6.92 Å². The van der Waals surface area contributed by atoms with Crippen molar-refractivity contribution in [2.45, 2.75) is 19.5 Å². The van der Waals surface area contributed by atoms with Gasteiger partial charge < -0.3 is 9.72 Å². The molecule has 3 heterocycles. The van der Waals surface area contributed by atoms with Crippen molar-refractivity contribution < 1.29 is 4.74 Å². The lowest BCUT2D eigenvalue weighted by Gasteiger charge is -2.34. The van der Waals surface area contributed by atoms with Crippen LogP contribution in [0.5, 0.6) is 0 Å². The Balaban J connectivity index is 1.80. The predicted molar refractivity (Wildman–Crippen MR) is 65.9 cm³/mol. The molecule has 6 nitrogen and oxygen atoms in total. The summed E-state index contributed by atoms with van der Waals surface area (Å²) < 4.78 is 5.60. The van der Waals surface area contributed by atoms with Crippen molar-refractivity contribution in [1.29, 1.82) is 0 Å². The van der Waals surface area contributed by atoms with E-state index in [9.17, 15) is 0 Å². The number of nitrogens with one attached hydrogen (secondary N) is 2. The largest absolute Gasteiger partial charge is 0.378 e. The second kappa shape index (κ2) is 4.91. The zero-order chi connectivity index (χ0) is 12.4. The summed E-state index contributed by atoms with van der Waals surface area (Å²) in [5.74, 6) is 0. The zero-order valence-corrected chi connectivity index (χ0v) is 10.4. The quantitative estimate of drug-likeness (QED) is 0.849. The average molecular weight is 247 g/mol. The van der Waals surface area contributed by atoms with E-state index >= 15 is 0 Å². The van der Waals surface area contributed by atoms with Crippen molar-refractivity contribution in [3.63, 3.8) is 0 Å². The number of morpholine rings is 1. The maximum atomic E-state index is 5.60. The van der Waals surface area contributed by atoms with Gasteiger partial charge in [0.1, 0.15) is 0 Å². The third-order valence-electron chi connectivity index (χ3n) is 3.37. The maximum absolute atomic E-state index is 5.60. The fourth-order valence-electron chi connectivity index (χ4n) is 2.38. The van der Waals surface area contributed by atoms with Crippen LogP contribution in [-0.4, -0.2) is 44.8 Å². The number of aryl methyl sites for hydroxylation is 1. The van der Waals surface area contributed by atoms with Crippen LogP contribution in [0.3, 0.4) is 0 Å². The summed E-state index contributed by atoms with van der Waals surface area (Å²) in [6.07, 6.45) is 5.44. The van der Waals surface area contributed by atoms with Gasteiger partial charge in [0.15, 0.2) is 0 Å². The molecule has 6 heteroatoms. The van der Waals surface area contributed by atoms with Crippen LogP contribution in [0.1, 0.15) is 23.0 Å². The molecular formula is C12H17N5O. The van der Waals surface area contributed by atoms with E-state index in [1.807, 2.05) is 12.4 Å². The summed E-state index contributed by atoms with van der Waals surface area (Å²) >= 11 is 0. The molecular weight excluding hydrogens is 230 g/mol. The number of H-pyrrole nitrogens is 2. The fourth-order valence-corrected chi connectivity index (χ4v) is 2.38. The minimum Gasteiger partial charge on any atom is -0.378 e. The molecule has 0 aliphatic carbocycles. The first-order chi connectivity index (χ1) is 8.84. The Morgan fingerprint density at radius 3 is 3.17 bits per heavy atom. The molecule has 0 bridgehead atoms. The second-order valence-corrected chi connectivity index (χ2v) is 4.60. The number of hydrogen-bond donors (Lipinski definition) is 2. The molecule has 1 fully saturated rings. The Morgan fingerprint density at radius 1 is 1.50 bits per heavy atom. The van der Waals surface area contributed by atoms with Gasteiger partial charge in [-0.2, -0.15) is 5.10 Å². The molecule has 0 spiro atoms. The zero-order valence-electron chi connectivity index (χ0n) is 10.4. The topological polar surface area (TPSA) is 69.8 Å². The van der Waals surface area contributed by atoms with Crippen molar-refractivity contribution in [2.24, 2.45) is 0 Å². The minimum absolute atomic E-state index is 0.240. The van der Waals surface area contributed by atoms with Gasteiger partial charge in [-0.15, -0.1) is 0 Å². The van der Waals surface area contributed by atoms with Crippen LogP contribution in [0.2, 0.25) is 0 Å². The van der Waals surface area contributed by atoms with Crippen LogP contribution in [0.15, 0.2) is 18.7 Å². The molecule has 2 N–H and O–H groups in total. The summed E-state index contributed by atoms with van der Waals surface area (Å²) in [5.41, 5.74) is 3.45. The highest BCUT2D eigenvalue weighted by atomic mass is 16.5. The Bertz CT molecular complexity index is 492. The van der Waals surface area contributed by atoms with Gasteiger partial charge in [0, 0.05) is 25.0 Å². The molecule has 0 aromatic carbocycles. The summed E-state index contributed by atoms with van der Waals surface area (Å²) in [6, 6.07) is 0.240. The molecule has 2 aromatic heterocycles. The van der Waals surface area contributed by atoms with Gasteiger partial charge in [-0.1, -0.05) is 0 Å². The van der Waals surface area contributed by atoms with Crippen molar-refractivity contribution >= 4 is 0 Å². The summed E-state index contributed by atoms with van der Waals surface area (Å²) in [7, 11) is 0. The first-order valence-corrected chi connectivity index (χ1v) is 6.13. The summed E-state index contributed by atoms with van der Waals surface area (Å²) in [4.78, 5) is 9.59. The summed E-state index contributed by atoms with van der Waals surface area (Å²) in [6.45, 7) is 5.32. The third kappa shape index (κ3) is 2.16. The Hall–Kier alpha value is -1.66. The Labute approximate surface area is 105 Å². The van der Waals surface area contributed by atoms with Gasteiger partial charge in [0.25, 0.3) is 0 Å². The van der Waals surface area contributed by atoms with Gasteiger partial charge in [-0.3, -0.25) is 10.00 Å². The number of hydrogen-bond acceptors (Lipinski definition) is 4. The highest BCUT2D eigenvalue weighted by Gasteiger charge is 2.27. The number of nitrogens with zero attached hydrogens (tertiary/aromatic N) is 3. The molecule has 1 atom stereocenters. The van der Waals surface area contributed by atoms with E-state index in [0.29, 0.717) is 6.61 Å². The smallest absolute Gasteiger partial charge is 0.0922 e. The van der Waals surface area contributed by atoms with Gasteiger partial charge in [-0.25, -0.2) is 4.98 Å². The van der Waals surface area contributed by atoms with E-state index < -0.39 is 0 Å². The molecule has 2 aromatic rings. The number of ether oxygens (including phenoxy) is 1. The highest BCUT2D eigenvalue weighted by molar-refractivity contribution is 5.19. The van der Waals surface area contributed by atoms with E-state index in [4.69, 9.17) is 4.74 Å². The number of aromatic nitrogens is 4. The second-order valence-electron chi connectivity index (χ2n) is 4.60. The average Bonchev–Trinajstić information content (AvgIpc) is 3.02. The minimum atomic E-state index is 0.240. The molecule has 1 aliphatic rings. The van der Waals surface area contributed by atoms with Crippen LogP contribution in [-0.2, 0) is 11.3 Å². The Kier molecular flexibility index (Phi) is 3.12. The monoisotopic (exact) mass is 247 g/mol. The molecule has 18 heavy (non-hydrogen) atoms. The lowest BCUT2D eigenvalue weighted by molar-refractivity contribution is -0.0149. The van der Waals surface area contributed by atoms with Gasteiger partial charge in [0.05, 0.1) is 37.5 Å². The lowest BCUT2D eigenvalue weighted by Crippen LogP contribution is -2.39. The van der Waals surface area contributed by atoms with Crippen molar-refractivity contribution in [2.75, 3.05) is 19.8 Å². The molecule has 96 valence electrons. The van der Waals surface area contributed by atoms with E-state index in [1.165, 1.54) is 5.56 Å². The van der Waals surface area contributed by atoms with Crippen LogP contribution < -0.4 is 0 Å². The first-order valence-electron chi connectivity index (χ1n) is 6.13. The molecule has 3 rings (SSSR count). The molecule has 0 amide bonds. The van der Waals surface area contributed by atoms with E-state index in [-0.39, 0.29) is 6.04 Å². The SMILES string of the molecule is Cc1cn[nH]c1[C@H]1COCCN1Cc1cnc[nH]1. The first kappa shape index (κ1) is 11.4. The maximum Gasteiger partial charge on any atom is 0.0922 e. The summed E-state index contributed by atoms with van der Waals surface area (Å²) in [5, 5.41) is 7.19. The fraction of sp³-hybridized carbons (Fsp3) is 0.500. The molecule has 0 saturated carbocycles. The highest BCUT2D eigenvalue weighted by Crippen LogP contribution is 2.25. The standard InChI is InChI=1S/C12H17N5O/c1-9-4-15-16-12(9)11-7-18-3-2-17(11)6-10-5-13-8-14-10/h4-5,8,11H,2-3,6-7H2,1H3,(H,13,14)(H,15,16)/t11-/m1/s1. The van der Waals surface area contributed by atoms with Crippen molar-refractivity contribution in [3.8, 4) is 0 Å². The van der Waals surface area contributed by atoms with Gasteiger partial charge >= 0.3 is 0 Å². The third-order valence-corrected chi connectivity index (χ3v) is 3.37. The van der Waals surface area contributed by atoms with E-state index in [1.54, 1.807) is 6.33 Å². The lowest BCUT2D eigenvalue weighted by atomic mass is 10.1. The predicted octanol–water partition coefficient (Wildman–Crippen LogP) is 1.01. The number of aromatic amines is 2. The Morgan fingerprint density at radius 2 is 2.44 bits per heavy atom. The van der Waals surface area contributed by atoms with Crippen LogP contribution in [0.4, 0.5) is 0 Å². The van der Waals surface area contributed by atoms with Gasteiger partial charge in [0.2, 0.25) is 0 Å². The molecule has 1 saturated heterocycles. The normalized spacial score (nSPS) is 21.3.